The molecule has 1 aromatic carbocycles. The van der Waals surface area contributed by atoms with Crippen molar-refractivity contribution in [3.05, 3.63) is 60.5 Å². The van der Waals surface area contributed by atoms with E-state index < -0.39 is 4.92 Å². The second kappa shape index (κ2) is 6.40. The van der Waals surface area contributed by atoms with Crippen LogP contribution in [0.25, 0.3) is 0 Å². The predicted octanol–water partition coefficient (Wildman–Crippen LogP) is 2.99. The van der Waals surface area contributed by atoms with E-state index in [-0.39, 0.29) is 17.8 Å². The Kier molecular flexibility index (Phi) is 4.79. The minimum absolute atomic E-state index is 0.00634. The van der Waals surface area contributed by atoms with Crippen LogP contribution in [0.4, 0.5) is 5.69 Å². The number of nitro benzene ring substituents is 1. The number of aryl methyl sites for hydroxylation is 1. The zero-order valence-corrected chi connectivity index (χ0v) is 13.8. The largest absolute Gasteiger partial charge is 0.282 e. The van der Waals surface area contributed by atoms with Gasteiger partial charge >= 0.3 is 0 Å². The van der Waals surface area contributed by atoms with Crippen molar-refractivity contribution in [3.63, 3.8) is 0 Å². The lowest BCUT2D eigenvalue weighted by atomic mass is 10.2. The van der Waals surface area contributed by atoms with Gasteiger partial charge in [-0.1, -0.05) is 30.0 Å². The first-order valence-corrected chi connectivity index (χ1v) is 8.00. The van der Waals surface area contributed by atoms with Gasteiger partial charge in [-0.2, -0.15) is 0 Å². The molecule has 0 aliphatic heterocycles. The predicted molar refractivity (Wildman–Crippen MR) is 84.9 cm³/mol. The summed E-state index contributed by atoms with van der Waals surface area (Å²) in [6.45, 7) is 1.85. The van der Waals surface area contributed by atoms with Crippen LogP contribution in [0, 0.1) is 17.0 Å². The highest BCUT2D eigenvalue weighted by Crippen LogP contribution is 2.21. The fraction of sp³-hybridized carbons (Fsp3) is 0.231. The molecule has 0 N–H and O–H groups in total. The number of hydrogen-bond donors (Lipinski definition) is 0. The molecule has 2 aromatic rings. The number of para-hydroxylation sites is 1. The van der Waals surface area contributed by atoms with Crippen LogP contribution < -0.4 is 5.56 Å². The molecule has 0 radical (unpaired) electrons. The van der Waals surface area contributed by atoms with Crippen molar-refractivity contribution in [3.8, 4) is 0 Å². The molecule has 2 rings (SSSR count). The third kappa shape index (κ3) is 3.16. The van der Waals surface area contributed by atoms with E-state index in [1.807, 2.05) is 6.26 Å². The van der Waals surface area contributed by atoms with Crippen LogP contribution >= 0.6 is 27.7 Å². The van der Waals surface area contributed by atoms with Gasteiger partial charge in [0, 0.05) is 11.6 Å². The molecule has 1 aromatic heterocycles. The van der Waals surface area contributed by atoms with E-state index in [0.29, 0.717) is 20.9 Å². The standard InChI is InChI=1S/C13H12BrN3O3S/c1-8-11(14)12(18)16(13(15-8)21-2)7-9-5-3-4-6-10(9)17(19)20/h3-6H,7H2,1-2H3. The Morgan fingerprint density at radius 1 is 1.43 bits per heavy atom. The van der Waals surface area contributed by atoms with Crippen LogP contribution in [-0.4, -0.2) is 20.7 Å². The molecule has 0 bridgehead atoms. The quantitative estimate of drug-likeness (QED) is 0.358. The third-order valence-electron chi connectivity index (χ3n) is 2.94. The summed E-state index contributed by atoms with van der Waals surface area (Å²) in [6.07, 6.45) is 1.81. The highest BCUT2D eigenvalue weighted by molar-refractivity contribution is 9.10. The van der Waals surface area contributed by atoms with Gasteiger partial charge < -0.3 is 0 Å². The SMILES string of the molecule is CSc1nc(C)c(Br)c(=O)n1Cc1ccccc1[N+](=O)[O-]. The molecule has 0 aliphatic rings. The van der Waals surface area contributed by atoms with Crippen molar-refractivity contribution >= 4 is 33.4 Å². The van der Waals surface area contributed by atoms with Crippen LogP contribution in [-0.2, 0) is 6.54 Å². The van der Waals surface area contributed by atoms with Gasteiger partial charge in [0.2, 0.25) is 0 Å². The molecule has 1 heterocycles. The zero-order valence-electron chi connectivity index (χ0n) is 11.4. The second-order valence-corrected chi connectivity index (χ2v) is 5.84. The Morgan fingerprint density at radius 3 is 2.71 bits per heavy atom. The Morgan fingerprint density at radius 2 is 2.10 bits per heavy atom. The lowest BCUT2D eigenvalue weighted by Crippen LogP contribution is -2.25. The van der Waals surface area contributed by atoms with Crippen molar-refractivity contribution in [1.29, 1.82) is 0 Å². The molecular formula is C13H12BrN3O3S. The van der Waals surface area contributed by atoms with Crippen LogP contribution in [0.2, 0.25) is 0 Å². The molecular weight excluding hydrogens is 358 g/mol. The fourth-order valence-electron chi connectivity index (χ4n) is 1.90. The number of nitro groups is 1. The van der Waals surface area contributed by atoms with E-state index in [0.717, 1.165) is 0 Å². The Bertz CT molecular complexity index is 761. The normalized spacial score (nSPS) is 10.6. The van der Waals surface area contributed by atoms with E-state index in [1.54, 1.807) is 25.1 Å². The van der Waals surface area contributed by atoms with E-state index >= 15 is 0 Å². The molecule has 8 heteroatoms. The van der Waals surface area contributed by atoms with Gasteiger partial charge in [-0.05, 0) is 29.1 Å². The number of nitrogens with zero attached hydrogens (tertiary/aromatic N) is 3. The zero-order chi connectivity index (χ0) is 15.6. The summed E-state index contributed by atoms with van der Waals surface area (Å²) in [4.78, 5) is 27.3. The first-order valence-electron chi connectivity index (χ1n) is 5.99. The van der Waals surface area contributed by atoms with Crippen LogP contribution in [0.3, 0.4) is 0 Å². The highest BCUT2D eigenvalue weighted by Gasteiger charge is 2.17. The number of rotatable bonds is 4. The topological polar surface area (TPSA) is 78.0 Å². The summed E-state index contributed by atoms with van der Waals surface area (Å²) >= 11 is 4.54. The maximum absolute atomic E-state index is 12.3. The van der Waals surface area contributed by atoms with Crippen molar-refractivity contribution in [2.24, 2.45) is 0 Å². The second-order valence-electron chi connectivity index (χ2n) is 4.28. The highest BCUT2D eigenvalue weighted by atomic mass is 79.9. The molecule has 0 amide bonds. The van der Waals surface area contributed by atoms with Crippen molar-refractivity contribution in [1.82, 2.24) is 9.55 Å². The molecule has 0 atom stereocenters. The molecule has 0 spiro atoms. The third-order valence-corrected chi connectivity index (χ3v) is 4.53. The number of aromatic nitrogens is 2. The van der Waals surface area contributed by atoms with Crippen molar-refractivity contribution in [2.75, 3.05) is 6.26 Å². The molecule has 0 fully saturated rings. The summed E-state index contributed by atoms with van der Waals surface area (Å²) < 4.78 is 1.81. The van der Waals surface area contributed by atoms with E-state index in [1.165, 1.54) is 22.4 Å². The maximum Gasteiger partial charge on any atom is 0.274 e. The number of halogens is 1. The van der Waals surface area contributed by atoms with Crippen molar-refractivity contribution < 1.29 is 4.92 Å². The van der Waals surface area contributed by atoms with Crippen molar-refractivity contribution in [2.45, 2.75) is 18.6 Å². The smallest absolute Gasteiger partial charge is 0.274 e. The first kappa shape index (κ1) is 15.7. The maximum atomic E-state index is 12.3. The van der Waals surface area contributed by atoms with Crippen LogP contribution in [0.5, 0.6) is 0 Å². The minimum Gasteiger partial charge on any atom is -0.282 e. The monoisotopic (exact) mass is 369 g/mol. The molecule has 110 valence electrons. The van der Waals surface area contributed by atoms with E-state index in [2.05, 4.69) is 20.9 Å². The summed E-state index contributed by atoms with van der Waals surface area (Å²) in [7, 11) is 0. The summed E-state index contributed by atoms with van der Waals surface area (Å²) in [5, 5.41) is 11.6. The van der Waals surface area contributed by atoms with Gasteiger partial charge in [-0.25, -0.2) is 4.98 Å². The van der Waals surface area contributed by atoms with Crippen LogP contribution in [0.1, 0.15) is 11.3 Å². The summed E-state index contributed by atoms with van der Waals surface area (Å²) in [5.41, 5.74) is 0.818. The van der Waals surface area contributed by atoms with E-state index in [4.69, 9.17) is 0 Å². The molecule has 0 saturated carbocycles. The summed E-state index contributed by atoms with van der Waals surface area (Å²) in [5.74, 6) is 0. The Balaban J connectivity index is 2.57. The van der Waals surface area contributed by atoms with Gasteiger partial charge in [0.15, 0.2) is 5.16 Å². The summed E-state index contributed by atoms with van der Waals surface area (Å²) in [6, 6.07) is 6.38. The lowest BCUT2D eigenvalue weighted by Gasteiger charge is -2.12. The van der Waals surface area contributed by atoms with Gasteiger partial charge in [-0.15, -0.1) is 0 Å². The van der Waals surface area contributed by atoms with Gasteiger partial charge in [0.25, 0.3) is 11.2 Å². The first-order chi connectivity index (χ1) is 9.95. The fourth-order valence-corrected chi connectivity index (χ4v) is 2.80. The number of thioether (sulfide) groups is 1. The average Bonchev–Trinajstić information content (AvgIpc) is 2.47. The average molecular weight is 370 g/mol. The molecule has 6 nitrogen and oxygen atoms in total. The number of hydrogen-bond acceptors (Lipinski definition) is 5. The Labute approximate surface area is 133 Å². The lowest BCUT2D eigenvalue weighted by molar-refractivity contribution is -0.385. The van der Waals surface area contributed by atoms with Crippen LogP contribution in [0.15, 0.2) is 38.7 Å². The molecule has 0 saturated heterocycles. The minimum atomic E-state index is -0.449. The number of benzene rings is 1. The molecule has 21 heavy (non-hydrogen) atoms. The van der Waals surface area contributed by atoms with E-state index in [9.17, 15) is 14.9 Å². The molecule has 0 aliphatic carbocycles. The van der Waals surface area contributed by atoms with Gasteiger partial charge in [-0.3, -0.25) is 19.5 Å². The van der Waals surface area contributed by atoms with Gasteiger partial charge in [0.1, 0.15) is 4.47 Å². The van der Waals surface area contributed by atoms with Gasteiger partial charge in [0.05, 0.1) is 17.2 Å². The molecule has 0 unspecified atom stereocenters. The Hall–Kier alpha value is -1.67.